The van der Waals surface area contributed by atoms with Gasteiger partial charge in [0.2, 0.25) is 0 Å². The van der Waals surface area contributed by atoms with Crippen LogP contribution in [0.4, 0.5) is 5.69 Å². The number of benzene rings is 3. The Morgan fingerprint density at radius 1 is 1.09 bits per heavy atom. The van der Waals surface area contributed by atoms with E-state index in [1.807, 2.05) is 50.2 Å². The zero-order valence-electron chi connectivity index (χ0n) is 19.1. The van der Waals surface area contributed by atoms with Crippen LogP contribution in [0.2, 0.25) is 0 Å². The summed E-state index contributed by atoms with van der Waals surface area (Å²) in [5.74, 6) is 0.182. The Bertz CT molecular complexity index is 1300. The number of aliphatic carboxylic acids is 1. The number of ether oxygens (including phenoxy) is 2. The maximum Gasteiger partial charge on any atom is 0.303 e. The molecule has 0 spiro atoms. The lowest BCUT2D eigenvalue weighted by Gasteiger charge is -2.35. The second-order valence-electron chi connectivity index (χ2n) is 8.17. The number of rotatable bonds is 8. The van der Waals surface area contributed by atoms with Crippen molar-refractivity contribution in [2.75, 3.05) is 17.5 Å². The van der Waals surface area contributed by atoms with Crippen molar-refractivity contribution in [1.29, 1.82) is 0 Å². The lowest BCUT2D eigenvalue weighted by Crippen LogP contribution is -2.43. The Labute approximate surface area is 199 Å². The van der Waals surface area contributed by atoms with Crippen LogP contribution in [0.25, 0.3) is 11.1 Å². The summed E-state index contributed by atoms with van der Waals surface area (Å²) in [7, 11) is -3.90. The average Bonchev–Trinajstić information content (AvgIpc) is 2.82. The third kappa shape index (κ3) is 5.02. The van der Waals surface area contributed by atoms with Crippen molar-refractivity contribution in [3.05, 3.63) is 72.3 Å². The molecule has 1 N–H and O–H groups in total. The van der Waals surface area contributed by atoms with E-state index in [4.69, 9.17) is 14.6 Å². The summed E-state index contributed by atoms with van der Waals surface area (Å²) >= 11 is 0. The number of aryl methyl sites for hydroxylation is 1. The maximum absolute atomic E-state index is 13.7. The summed E-state index contributed by atoms with van der Waals surface area (Å²) in [6.45, 7) is 4.32. The van der Waals surface area contributed by atoms with E-state index in [2.05, 4.69) is 0 Å². The van der Waals surface area contributed by atoms with Crippen LogP contribution in [-0.4, -0.2) is 38.7 Å². The van der Waals surface area contributed by atoms with Gasteiger partial charge >= 0.3 is 5.97 Å². The van der Waals surface area contributed by atoms with Gasteiger partial charge in [-0.25, -0.2) is 8.42 Å². The highest BCUT2D eigenvalue weighted by molar-refractivity contribution is 7.92. The van der Waals surface area contributed by atoms with Crippen LogP contribution < -0.4 is 13.8 Å². The molecule has 1 aliphatic heterocycles. The van der Waals surface area contributed by atoms with E-state index in [1.54, 1.807) is 30.3 Å². The summed E-state index contributed by atoms with van der Waals surface area (Å²) in [6, 6.07) is 19.7. The molecule has 0 amide bonds. The summed E-state index contributed by atoms with van der Waals surface area (Å²) < 4.78 is 40.4. The van der Waals surface area contributed by atoms with Crippen LogP contribution >= 0.6 is 0 Å². The Morgan fingerprint density at radius 3 is 2.59 bits per heavy atom. The normalized spacial score (nSPS) is 15.4. The minimum atomic E-state index is -3.90. The largest absolute Gasteiger partial charge is 0.494 e. The predicted molar refractivity (Wildman–Crippen MR) is 130 cm³/mol. The van der Waals surface area contributed by atoms with Crippen LogP contribution in [0.3, 0.4) is 0 Å². The van der Waals surface area contributed by atoms with Gasteiger partial charge in [-0.2, -0.15) is 0 Å². The number of hydrogen-bond acceptors (Lipinski definition) is 5. The van der Waals surface area contributed by atoms with Gasteiger partial charge in [0.15, 0.2) is 0 Å². The molecule has 8 heteroatoms. The van der Waals surface area contributed by atoms with Gasteiger partial charge in [-0.05, 0) is 73.4 Å². The molecule has 0 saturated heterocycles. The van der Waals surface area contributed by atoms with Gasteiger partial charge in [0.25, 0.3) is 10.0 Å². The van der Waals surface area contributed by atoms with Crippen LogP contribution in [0.1, 0.15) is 25.3 Å². The molecular formula is C26H27NO6S. The van der Waals surface area contributed by atoms with Crippen molar-refractivity contribution in [2.45, 2.75) is 37.7 Å². The first kappa shape index (κ1) is 23.6. The number of carboxylic acids is 1. The van der Waals surface area contributed by atoms with Gasteiger partial charge in [-0.3, -0.25) is 9.10 Å². The molecule has 0 aromatic heterocycles. The minimum absolute atomic E-state index is 0.0268. The Balaban J connectivity index is 1.78. The number of hydrogen-bond donors (Lipinski definition) is 1. The minimum Gasteiger partial charge on any atom is -0.494 e. The fourth-order valence-corrected chi connectivity index (χ4v) is 5.59. The zero-order valence-corrected chi connectivity index (χ0v) is 19.9. The number of carboxylic acid groups (broad SMARTS) is 1. The molecule has 4 rings (SSSR count). The van der Waals surface area contributed by atoms with Gasteiger partial charge < -0.3 is 14.6 Å². The van der Waals surface area contributed by atoms with Crippen molar-refractivity contribution < 1.29 is 27.8 Å². The van der Waals surface area contributed by atoms with Crippen LogP contribution in [0.15, 0.2) is 71.6 Å². The molecule has 0 unspecified atom stereocenters. The molecule has 0 fully saturated rings. The number of carbonyl (C=O) groups is 1. The second-order valence-corrected chi connectivity index (χ2v) is 10.0. The topological polar surface area (TPSA) is 93.1 Å². The van der Waals surface area contributed by atoms with E-state index in [9.17, 15) is 13.2 Å². The van der Waals surface area contributed by atoms with Gasteiger partial charge in [0, 0.05) is 6.42 Å². The Hall–Kier alpha value is -3.52. The van der Waals surface area contributed by atoms with E-state index in [1.165, 1.54) is 4.31 Å². The summed E-state index contributed by atoms with van der Waals surface area (Å²) in [6.07, 6.45) is -0.483. The molecule has 1 atom stereocenters. The molecule has 1 aliphatic rings. The zero-order chi connectivity index (χ0) is 24.3. The molecular weight excluding hydrogens is 454 g/mol. The van der Waals surface area contributed by atoms with Gasteiger partial charge in [0.1, 0.15) is 17.6 Å². The fourth-order valence-electron chi connectivity index (χ4n) is 3.99. The molecule has 7 nitrogen and oxygen atoms in total. The lowest BCUT2D eigenvalue weighted by molar-refractivity contribution is -0.137. The van der Waals surface area contributed by atoms with E-state index >= 15 is 0 Å². The Morgan fingerprint density at radius 2 is 1.85 bits per heavy atom. The van der Waals surface area contributed by atoms with Crippen molar-refractivity contribution in [1.82, 2.24) is 0 Å². The smallest absolute Gasteiger partial charge is 0.303 e. The van der Waals surface area contributed by atoms with E-state index in [0.29, 0.717) is 18.0 Å². The number of sulfonamides is 1. The van der Waals surface area contributed by atoms with E-state index < -0.39 is 22.1 Å². The lowest BCUT2D eigenvalue weighted by atomic mass is 10.0. The first-order valence-corrected chi connectivity index (χ1v) is 12.6. The summed E-state index contributed by atoms with van der Waals surface area (Å²) in [5.41, 5.74) is 2.96. The van der Waals surface area contributed by atoms with E-state index in [-0.39, 0.29) is 24.3 Å². The highest BCUT2D eigenvalue weighted by Crippen LogP contribution is 2.41. The fraction of sp³-hybridized carbons (Fsp3) is 0.269. The van der Waals surface area contributed by atoms with Crippen LogP contribution in [-0.2, 0) is 14.8 Å². The average molecular weight is 482 g/mol. The summed E-state index contributed by atoms with van der Waals surface area (Å²) in [5, 5.41) is 9.10. The highest BCUT2D eigenvalue weighted by atomic mass is 32.2. The predicted octanol–water partition coefficient (Wildman–Crippen LogP) is 4.88. The van der Waals surface area contributed by atoms with Gasteiger partial charge in [0.05, 0.1) is 23.7 Å². The van der Waals surface area contributed by atoms with Crippen molar-refractivity contribution >= 4 is 21.7 Å². The Kier molecular flexibility index (Phi) is 6.79. The second kappa shape index (κ2) is 9.77. The van der Waals surface area contributed by atoms with Crippen LogP contribution in [0.5, 0.6) is 11.5 Å². The maximum atomic E-state index is 13.7. The quantitative estimate of drug-likeness (QED) is 0.493. The number of fused-ring (bicyclic) bond motifs is 1. The standard InChI is InChI=1S/C26H27NO6S/c1-3-32-21-8-5-7-19(15-21)20-10-12-25-24(16-20)27(17-22(33-25)11-13-26(28)29)34(30,31)23-9-4-6-18(2)14-23/h4-10,12,14-16,22H,3,11,13,17H2,1-2H3,(H,28,29)/t22-/m0/s1. The van der Waals surface area contributed by atoms with Crippen molar-refractivity contribution in [3.8, 4) is 22.6 Å². The van der Waals surface area contributed by atoms with Crippen molar-refractivity contribution in [2.24, 2.45) is 0 Å². The SMILES string of the molecule is CCOc1cccc(-c2ccc3c(c2)N(S(=O)(=O)c2cccc(C)c2)C[C@H](CCC(=O)O)O3)c1. The molecule has 3 aromatic carbocycles. The number of nitrogens with zero attached hydrogens (tertiary/aromatic N) is 1. The first-order chi connectivity index (χ1) is 16.3. The summed E-state index contributed by atoms with van der Waals surface area (Å²) in [4.78, 5) is 11.3. The highest BCUT2D eigenvalue weighted by Gasteiger charge is 2.35. The van der Waals surface area contributed by atoms with E-state index in [0.717, 1.165) is 22.4 Å². The van der Waals surface area contributed by atoms with Gasteiger partial charge in [-0.15, -0.1) is 0 Å². The molecule has 34 heavy (non-hydrogen) atoms. The van der Waals surface area contributed by atoms with Crippen LogP contribution in [0, 0.1) is 6.92 Å². The third-order valence-electron chi connectivity index (χ3n) is 5.63. The molecule has 3 aromatic rings. The molecule has 178 valence electrons. The molecule has 1 heterocycles. The third-order valence-corrected chi connectivity index (χ3v) is 7.40. The molecule has 0 radical (unpaired) electrons. The first-order valence-electron chi connectivity index (χ1n) is 11.1. The van der Waals surface area contributed by atoms with Crippen molar-refractivity contribution in [3.63, 3.8) is 0 Å². The monoisotopic (exact) mass is 481 g/mol. The molecule has 0 bridgehead atoms. The molecule has 0 aliphatic carbocycles. The van der Waals surface area contributed by atoms with Gasteiger partial charge in [-0.1, -0.05) is 30.3 Å². The molecule has 0 saturated carbocycles. The number of anilines is 1.